The zero-order valence-corrected chi connectivity index (χ0v) is 21.6. The lowest BCUT2D eigenvalue weighted by atomic mass is 10.0. The van der Waals surface area contributed by atoms with Crippen molar-refractivity contribution >= 4 is 12.2 Å². The second-order valence-corrected chi connectivity index (χ2v) is 8.59. The summed E-state index contributed by atoms with van der Waals surface area (Å²) < 4.78 is 27.4. The second-order valence-electron chi connectivity index (χ2n) is 8.59. The normalized spacial score (nSPS) is 12.9. The molecule has 0 radical (unpaired) electrons. The molecule has 0 aliphatic heterocycles. The number of rotatable bonds is 14. The van der Waals surface area contributed by atoms with E-state index in [4.69, 9.17) is 23.5 Å². The molecule has 2 atom stereocenters. The number of nitrogens with zero attached hydrogens (tertiary/aromatic N) is 1. The quantitative estimate of drug-likeness (QED) is 0.336. The number of hydrogen-bond donors (Lipinski definition) is 2. The first-order valence-corrected chi connectivity index (χ1v) is 12.0. The van der Waals surface area contributed by atoms with Gasteiger partial charge in [-0.1, -0.05) is 23.4 Å². The molecule has 1 aromatic heterocycles. The van der Waals surface area contributed by atoms with Gasteiger partial charge in [0.15, 0.2) is 17.3 Å². The van der Waals surface area contributed by atoms with E-state index < -0.39 is 6.10 Å². The smallest absolute Gasteiger partial charge is 0.203 e. The van der Waals surface area contributed by atoms with Gasteiger partial charge in [-0.3, -0.25) is 0 Å². The number of para-hydroxylation sites is 1. The van der Waals surface area contributed by atoms with Crippen LogP contribution in [0.4, 0.5) is 0 Å². The van der Waals surface area contributed by atoms with Gasteiger partial charge in [0, 0.05) is 24.2 Å². The Morgan fingerprint density at radius 1 is 1.00 bits per heavy atom. The van der Waals surface area contributed by atoms with Crippen molar-refractivity contribution in [2.24, 2.45) is 0 Å². The fraction of sp³-hybridized carbons (Fsp3) is 0.393. The summed E-state index contributed by atoms with van der Waals surface area (Å²) in [6.45, 7) is 4.57. The number of methoxy groups -OCH3 is 3. The van der Waals surface area contributed by atoms with E-state index in [0.29, 0.717) is 35.3 Å². The van der Waals surface area contributed by atoms with Crippen molar-refractivity contribution in [1.29, 1.82) is 0 Å². The summed E-state index contributed by atoms with van der Waals surface area (Å²) in [7, 11) is 4.82. The van der Waals surface area contributed by atoms with Crippen molar-refractivity contribution in [3.05, 3.63) is 65.0 Å². The van der Waals surface area contributed by atoms with Crippen molar-refractivity contribution < 1.29 is 28.6 Å². The highest BCUT2D eigenvalue weighted by Gasteiger charge is 2.14. The van der Waals surface area contributed by atoms with Crippen LogP contribution in [0.1, 0.15) is 35.9 Å². The van der Waals surface area contributed by atoms with Crippen LogP contribution in [-0.4, -0.2) is 56.9 Å². The maximum Gasteiger partial charge on any atom is 0.203 e. The van der Waals surface area contributed by atoms with E-state index in [9.17, 15) is 5.11 Å². The van der Waals surface area contributed by atoms with E-state index in [1.54, 1.807) is 21.3 Å². The summed E-state index contributed by atoms with van der Waals surface area (Å²) in [6.07, 6.45) is 4.80. The average molecular weight is 497 g/mol. The monoisotopic (exact) mass is 496 g/mol. The van der Waals surface area contributed by atoms with Crippen molar-refractivity contribution in [2.45, 2.75) is 38.8 Å². The van der Waals surface area contributed by atoms with Gasteiger partial charge in [-0.2, -0.15) is 0 Å². The first-order chi connectivity index (χ1) is 17.4. The van der Waals surface area contributed by atoms with Gasteiger partial charge in [0.25, 0.3) is 0 Å². The van der Waals surface area contributed by atoms with E-state index in [2.05, 4.69) is 17.4 Å². The Morgan fingerprint density at radius 2 is 1.72 bits per heavy atom. The van der Waals surface area contributed by atoms with Crippen molar-refractivity contribution in [3.63, 3.8) is 0 Å². The molecule has 2 unspecified atom stereocenters. The largest absolute Gasteiger partial charge is 0.493 e. The van der Waals surface area contributed by atoms with Gasteiger partial charge in [-0.05, 0) is 62.6 Å². The SMILES string of the molecule is COc1cc(CCC(C)NCC(O)COc2ccccc2/C=C\c2cc(C)no2)cc(OC)c1OC. The van der Waals surface area contributed by atoms with Crippen molar-refractivity contribution in [2.75, 3.05) is 34.5 Å². The Bertz CT molecular complexity index is 1100. The van der Waals surface area contributed by atoms with E-state index in [1.807, 2.05) is 61.5 Å². The molecule has 3 aromatic rings. The van der Waals surface area contributed by atoms with Gasteiger partial charge in [0.05, 0.1) is 27.0 Å². The van der Waals surface area contributed by atoms with Crippen LogP contribution in [0.3, 0.4) is 0 Å². The van der Waals surface area contributed by atoms with Gasteiger partial charge in [-0.25, -0.2) is 0 Å². The minimum Gasteiger partial charge on any atom is -0.493 e. The fourth-order valence-electron chi connectivity index (χ4n) is 3.73. The van der Waals surface area contributed by atoms with Gasteiger partial charge in [0.2, 0.25) is 5.75 Å². The molecule has 0 spiro atoms. The molecule has 0 aliphatic rings. The number of nitrogens with one attached hydrogen (secondary N) is 1. The number of aromatic nitrogens is 1. The maximum absolute atomic E-state index is 10.5. The minimum absolute atomic E-state index is 0.179. The first-order valence-electron chi connectivity index (χ1n) is 12.0. The molecule has 2 aromatic carbocycles. The van der Waals surface area contributed by atoms with E-state index in [1.165, 1.54) is 0 Å². The maximum atomic E-state index is 10.5. The predicted molar refractivity (Wildman–Crippen MR) is 140 cm³/mol. The number of aliphatic hydroxyl groups is 1. The molecule has 1 heterocycles. The third kappa shape index (κ3) is 7.76. The molecule has 0 amide bonds. The van der Waals surface area contributed by atoms with Crippen LogP contribution in [0.2, 0.25) is 0 Å². The number of hydrogen-bond acceptors (Lipinski definition) is 8. The molecular formula is C28H36N2O6. The molecule has 0 saturated heterocycles. The third-order valence-corrected chi connectivity index (χ3v) is 5.72. The first kappa shape index (κ1) is 27.1. The molecule has 0 aliphatic carbocycles. The zero-order valence-electron chi connectivity index (χ0n) is 21.6. The van der Waals surface area contributed by atoms with Crippen LogP contribution in [-0.2, 0) is 6.42 Å². The topological polar surface area (TPSA) is 95.2 Å². The average Bonchev–Trinajstić information content (AvgIpc) is 3.32. The summed E-state index contributed by atoms with van der Waals surface area (Å²) >= 11 is 0. The summed E-state index contributed by atoms with van der Waals surface area (Å²) in [5.74, 6) is 3.24. The second kappa shape index (κ2) is 13.6. The van der Waals surface area contributed by atoms with Crippen LogP contribution < -0.4 is 24.3 Å². The van der Waals surface area contributed by atoms with Gasteiger partial charge < -0.3 is 33.9 Å². The molecule has 36 heavy (non-hydrogen) atoms. The van der Waals surface area contributed by atoms with E-state index in [0.717, 1.165) is 29.7 Å². The summed E-state index contributed by atoms with van der Waals surface area (Å²) in [5, 5.41) is 17.7. The van der Waals surface area contributed by atoms with E-state index >= 15 is 0 Å². The lowest BCUT2D eigenvalue weighted by Gasteiger charge is -2.19. The molecule has 0 fully saturated rings. The van der Waals surface area contributed by atoms with Crippen LogP contribution in [0, 0.1) is 6.92 Å². The minimum atomic E-state index is -0.650. The van der Waals surface area contributed by atoms with Gasteiger partial charge in [0.1, 0.15) is 18.5 Å². The Hall–Kier alpha value is -3.49. The molecule has 8 heteroatoms. The Kier molecular flexibility index (Phi) is 10.2. The number of aliphatic hydroxyl groups excluding tert-OH is 1. The number of benzene rings is 2. The number of ether oxygens (including phenoxy) is 4. The molecule has 0 bridgehead atoms. The van der Waals surface area contributed by atoms with Crippen molar-refractivity contribution in [1.82, 2.24) is 10.5 Å². The lowest BCUT2D eigenvalue weighted by molar-refractivity contribution is 0.104. The highest BCUT2D eigenvalue weighted by Crippen LogP contribution is 2.38. The molecule has 3 rings (SSSR count). The van der Waals surface area contributed by atoms with E-state index in [-0.39, 0.29) is 12.6 Å². The molecule has 194 valence electrons. The fourth-order valence-corrected chi connectivity index (χ4v) is 3.73. The summed E-state index contributed by atoms with van der Waals surface area (Å²) in [4.78, 5) is 0. The van der Waals surface area contributed by atoms with Gasteiger partial charge >= 0.3 is 0 Å². The standard InChI is InChI=1S/C28H36N2O6/c1-19(10-11-21-15-26(32-3)28(34-5)27(16-21)33-4)29-17-23(31)18-35-25-9-7-6-8-22(25)12-13-24-14-20(2)30-36-24/h6-9,12-16,19,23,29,31H,10-11,17-18H2,1-5H3/b13-12-. The van der Waals surface area contributed by atoms with Gasteiger partial charge in [-0.15, -0.1) is 0 Å². The van der Waals surface area contributed by atoms with Crippen molar-refractivity contribution in [3.8, 4) is 23.0 Å². The number of aryl methyl sites for hydroxylation is 2. The summed E-state index contributed by atoms with van der Waals surface area (Å²) in [6, 6.07) is 13.7. The summed E-state index contributed by atoms with van der Waals surface area (Å²) in [5.41, 5.74) is 2.81. The molecule has 0 saturated carbocycles. The molecule has 2 N–H and O–H groups in total. The lowest BCUT2D eigenvalue weighted by Crippen LogP contribution is -2.36. The Balaban J connectivity index is 1.46. The molecular weight excluding hydrogens is 460 g/mol. The van der Waals surface area contributed by atoms with Crippen LogP contribution >= 0.6 is 0 Å². The third-order valence-electron chi connectivity index (χ3n) is 5.72. The molecule has 8 nitrogen and oxygen atoms in total. The Morgan fingerprint density at radius 3 is 2.36 bits per heavy atom. The Labute approximate surface area is 212 Å². The van der Waals surface area contributed by atoms with Crippen LogP contribution in [0.5, 0.6) is 23.0 Å². The highest BCUT2D eigenvalue weighted by atomic mass is 16.5. The highest BCUT2D eigenvalue weighted by molar-refractivity contribution is 5.70. The zero-order chi connectivity index (χ0) is 25.9. The predicted octanol–water partition coefficient (Wildman–Crippen LogP) is 4.53. The van der Waals surface area contributed by atoms with Crippen LogP contribution in [0.15, 0.2) is 47.0 Å². The van der Waals surface area contributed by atoms with Crippen LogP contribution in [0.25, 0.3) is 12.2 Å².